The van der Waals surface area contributed by atoms with Gasteiger partial charge in [-0.25, -0.2) is 4.68 Å². The average Bonchev–Trinajstić information content (AvgIpc) is 3.09. The molecule has 0 N–H and O–H groups in total. The Balaban J connectivity index is 1.79. The van der Waals surface area contributed by atoms with Crippen molar-refractivity contribution >= 4 is 23.5 Å². The third kappa shape index (κ3) is 1.69. The van der Waals surface area contributed by atoms with E-state index in [9.17, 15) is 0 Å². The maximum atomic E-state index is 4.32. The smallest absolute Gasteiger partial charge is 0.216 e. The van der Waals surface area contributed by atoms with Crippen LogP contribution in [0.5, 0.6) is 0 Å². The van der Waals surface area contributed by atoms with Crippen LogP contribution in [0.25, 0.3) is 0 Å². The zero-order valence-corrected chi connectivity index (χ0v) is 12.7. The lowest BCUT2D eigenvalue weighted by atomic mass is 10.2. The van der Waals surface area contributed by atoms with Crippen molar-refractivity contribution in [3.05, 3.63) is 46.4 Å². The summed E-state index contributed by atoms with van der Waals surface area (Å²) in [5.41, 5.74) is 1.20. The van der Waals surface area contributed by atoms with Gasteiger partial charge < -0.3 is 0 Å². The molecule has 0 amide bonds. The molecular weight excluding hydrogens is 290 g/mol. The quantitative estimate of drug-likeness (QED) is 0.849. The highest BCUT2D eigenvalue weighted by Gasteiger charge is 2.39. The molecule has 0 radical (unpaired) electrons. The van der Waals surface area contributed by atoms with Crippen LogP contribution in [-0.4, -0.2) is 19.9 Å². The lowest BCUT2D eigenvalue weighted by Gasteiger charge is -2.26. The van der Waals surface area contributed by atoms with Crippen LogP contribution in [-0.2, 0) is 0 Å². The molecule has 0 aliphatic carbocycles. The molecule has 0 saturated carbocycles. The van der Waals surface area contributed by atoms with Crippen LogP contribution in [0.3, 0.4) is 0 Å². The fourth-order valence-electron chi connectivity index (χ4n) is 2.36. The van der Waals surface area contributed by atoms with Crippen LogP contribution < -0.4 is 5.01 Å². The van der Waals surface area contributed by atoms with Crippen molar-refractivity contribution in [3.8, 4) is 0 Å². The molecule has 4 heterocycles. The van der Waals surface area contributed by atoms with Gasteiger partial charge in [-0.05, 0) is 17.8 Å². The summed E-state index contributed by atoms with van der Waals surface area (Å²) >= 11 is 3.48. The van der Waals surface area contributed by atoms with Crippen LogP contribution in [0.4, 0.5) is 0 Å². The molecule has 4 rings (SSSR count). The highest BCUT2D eigenvalue weighted by Crippen LogP contribution is 2.51. The van der Waals surface area contributed by atoms with Crippen molar-refractivity contribution < 1.29 is 0 Å². The van der Waals surface area contributed by atoms with Gasteiger partial charge in [0, 0.05) is 29.3 Å². The molecule has 2 aliphatic heterocycles. The Morgan fingerprint density at radius 1 is 1.30 bits per heavy atom. The van der Waals surface area contributed by atoms with Crippen LogP contribution in [0.1, 0.15) is 36.5 Å². The van der Waals surface area contributed by atoms with E-state index in [1.807, 2.05) is 12.3 Å². The maximum absolute atomic E-state index is 4.32. The van der Waals surface area contributed by atoms with E-state index in [-0.39, 0.29) is 5.37 Å². The normalized spacial score (nSPS) is 20.2. The SMILES string of the molecule is CC(C)c1nnc2n1N1C(=CSC1c1cccnc1)S2. The molecule has 2 aromatic heterocycles. The van der Waals surface area contributed by atoms with Gasteiger partial charge in [0.15, 0.2) is 5.82 Å². The van der Waals surface area contributed by atoms with Gasteiger partial charge in [0.25, 0.3) is 0 Å². The lowest BCUT2D eigenvalue weighted by Crippen LogP contribution is -2.31. The standard InChI is InChI=1S/C13H13N5S2/c1-8(2)11-15-16-13-18(11)17-10(20-13)7-19-12(17)9-4-3-5-14-6-9/h3-8,12H,1-2H3. The predicted molar refractivity (Wildman–Crippen MR) is 80.8 cm³/mol. The van der Waals surface area contributed by atoms with Crippen LogP contribution in [0, 0.1) is 0 Å². The molecule has 102 valence electrons. The summed E-state index contributed by atoms with van der Waals surface area (Å²) in [5, 5.41) is 15.5. The number of rotatable bonds is 2. The first-order valence-corrected chi connectivity index (χ1v) is 8.20. The Hall–Kier alpha value is -1.47. The Kier molecular flexibility index (Phi) is 2.78. The highest BCUT2D eigenvalue weighted by molar-refractivity contribution is 8.07. The minimum absolute atomic E-state index is 0.209. The van der Waals surface area contributed by atoms with Gasteiger partial charge in [0.05, 0.1) is 0 Å². The van der Waals surface area contributed by atoms with Gasteiger partial charge in [-0.3, -0.25) is 9.99 Å². The van der Waals surface area contributed by atoms with E-state index in [0.29, 0.717) is 5.92 Å². The molecule has 0 spiro atoms. The molecular formula is C13H13N5S2. The van der Waals surface area contributed by atoms with Gasteiger partial charge in [0.1, 0.15) is 10.4 Å². The lowest BCUT2D eigenvalue weighted by molar-refractivity contribution is 0.581. The molecule has 7 heteroatoms. The van der Waals surface area contributed by atoms with Crippen molar-refractivity contribution in [1.29, 1.82) is 0 Å². The second-order valence-corrected chi connectivity index (χ2v) is 6.93. The van der Waals surface area contributed by atoms with Gasteiger partial charge in [-0.2, -0.15) is 0 Å². The van der Waals surface area contributed by atoms with E-state index in [2.05, 4.69) is 50.2 Å². The zero-order valence-electron chi connectivity index (χ0n) is 11.1. The summed E-state index contributed by atoms with van der Waals surface area (Å²) in [6, 6.07) is 4.09. The summed E-state index contributed by atoms with van der Waals surface area (Å²) in [7, 11) is 0. The molecule has 0 bridgehead atoms. The molecule has 5 nitrogen and oxygen atoms in total. The van der Waals surface area contributed by atoms with Gasteiger partial charge in [-0.1, -0.05) is 31.7 Å². The fourth-order valence-corrected chi connectivity index (χ4v) is 4.58. The van der Waals surface area contributed by atoms with E-state index in [1.54, 1.807) is 29.7 Å². The first kappa shape index (κ1) is 12.3. The van der Waals surface area contributed by atoms with Crippen LogP contribution >= 0.6 is 23.5 Å². The van der Waals surface area contributed by atoms with E-state index < -0.39 is 0 Å². The number of pyridine rings is 1. The third-order valence-electron chi connectivity index (χ3n) is 3.28. The summed E-state index contributed by atoms with van der Waals surface area (Å²) in [4.78, 5) is 4.23. The Morgan fingerprint density at radius 2 is 2.20 bits per heavy atom. The van der Waals surface area contributed by atoms with Crippen molar-refractivity contribution in [1.82, 2.24) is 19.9 Å². The third-order valence-corrected chi connectivity index (χ3v) is 5.47. The van der Waals surface area contributed by atoms with Crippen molar-refractivity contribution in [2.45, 2.75) is 30.3 Å². The second-order valence-electron chi connectivity index (χ2n) is 4.98. The van der Waals surface area contributed by atoms with Crippen molar-refractivity contribution in [2.75, 3.05) is 5.01 Å². The molecule has 2 aliphatic rings. The minimum Gasteiger partial charge on any atom is -0.264 e. The van der Waals surface area contributed by atoms with Gasteiger partial charge >= 0.3 is 0 Å². The number of hydrogen-bond acceptors (Lipinski definition) is 6. The topological polar surface area (TPSA) is 46.8 Å². The monoisotopic (exact) mass is 303 g/mol. The van der Waals surface area contributed by atoms with Gasteiger partial charge in [0.2, 0.25) is 5.16 Å². The van der Waals surface area contributed by atoms with E-state index in [4.69, 9.17) is 0 Å². The summed E-state index contributed by atoms with van der Waals surface area (Å²) in [5.74, 6) is 1.35. The number of hydrogen-bond donors (Lipinski definition) is 0. The van der Waals surface area contributed by atoms with Crippen molar-refractivity contribution in [3.63, 3.8) is 0 Å². The zero-order chi connectivity index (χ0) is 13.7. The maximum Gasteiger partial charge on any atom is 0.216 e. The Bertz CT molecular complexity index is 679. The molecule has 20 heavy (non-hydrogen) atoms. The number of thioether (sulfide) groups is 2. The number of nitrogens with zero attached hydrogens (tertiary/aromatic N) is 5. The molecule has 0 fully saturated rings. The largest absolute Gasteiger partial charge is 0.264 e. The van der Waals surface area contributed by atoms with E-state index >= 15 is 0 Å². The molecule has 0 saturated heterocycles. The Labute approximate surface area is 125 Å². The number of aromatic nitrogens is 4. The minimum atomic E-state index is 0.209. The molecule has 1 unspecified atom stereocenters. The van der Waals surface area contributed by atoms with Crippen LogP contribution in [0.15, 0.2) is 40.1 Å². The second kappa shape index (κ2) is 4.53. The van der Waals surface area contributed by atoms with E-state index in [0.717, 1.165) is 11.0 Å². The molecule has 2 aromatic rings. The fraction of sp³-hybridized carbons (Fsp3) is 0.308. The Morgan fingerprint density at radius 3 is 2.95 bits per heavy atom. The average molecular weight is 303 g/mol. The molecule has 0 aromatic carbocycles. The predicted octanol–water partition coefficient (Wildman–Crippen LogP) is 3.08. The summed E-state index contributed by atoms with van der Waals surface area (Å²) in [6.45, 7) is 4.29. The summed E-state index contributed by atoms with van der Waals surface area (Å²) in [6.07, 6.45) is 3.73. The molecule has 1 atom stereocenters. The first-order chi connectivity index (χ1) is 9.75. The summed E-state index contributed by atoms with van der Waals surface area (Å²) < 4.78 is 2.15. The van der Waals surface area contributed by atoms with Crippen LogP contribution in [0.2, 0.25) is 0 Å². The van der Waals surface area contributed by atoms with E-state index in [1.165, 1.54) is 10.6 Å². The number of fused-ring (bicyclic) bond motifs is 3. The van der Waals surface area contributed by atoms with Crippen molar-refractivity contribution in [2.24, 2.45) is 0 Å². The van der Waals surface area contributed by atoms with Gasteiger partial charge in [-0.15, -0.1) is 10.2 Å². The highest BCUT2D eigenvalue weighted by atomic mass is 32.2. The first-order valence-electron chi connectivity index (χ1n) is 6.44.